The highest BCUT2D eigenvalue weighted by Crippen LogP contribution is 2.35. The molecule has 0 aromatic heterocycles. The number of rotatable bonds is 4. The van der Waals surface area contributed by atoms with Gasteiger partial charge >= 0.3 is 0 Å². The molecule has 0 aliphatic heterocycles. The first-order valence-corrected chi connectivity index (χ1v) is 11.0. The Morgan fingerprint density at radius 2 is 0.857 bits per heavy atom. The fraction of sp³-hybridized carbons (Fsp3) is 0.308. The fourth-order valence-electron chi connectivity index (χ4n) is 5.50. The van der Waals surface area contributed by atoms with Crippen LogP contribution in [0.15, 0.2) is 36.4 Å². The Bertz CT molecular complexity index is 1120. The molecular formula is C26H30B2. The van der Waals surface area contributed by atoms with Crippen LogP contribution in [-0.2, 0) is 25.7 Å². The van der Waals surface area contributed by atoms with Crippen molar-refractivity contribution in [2.24, 2.45) is 0 Å². The van der Waals surface area contributed by atoms with Gasteiger partial charge in [-0.15, -0.1) is 0 Å². The third-order valence-corrected chi connectivity index (χ3v) is 6.86. The van der Waals surface area contributed by atoms with E-state index in [1.54, 1.807) is 22.3 Å². The van der Waals surface area contributed by atoms with Crippen molar-refractivity contribution in [3.63, 3.8) is 0 Å². The molecule has 0 aliphatic rings. The summed E-state index contributed by atoms with van der Waals surface area (Å²) in [6, 6.07) is 13.9. The van der Waals surface area contributed by atoms with E-state index in [1.165, 1.54) is 43.2 Å². The van der Waals surface area contributed by atoms with E-state index in [0.29, 0.717) is 0 Å². The van der Waals surface area contributed by atoms with E-state index in [-0.39, 0.29) is 0 Å². The van der Waals surface area contributed by atoms with Gasteiger partial charge in [0.1, 0.15) is 15.7 Å². The van der Waals surface area contributed by atoms with Gasteiger partial charge in [0, 0.05) is 0 Å². The van der Waals surface area contributed by atoms with E-state index < -0.39 is 0 Å². The minimum Gasteiger partial charge on any atom is -0.0736 e. The standard InChI is InChI=1S/C26H30B2/c1-5-15-16(6-2)18(8-4)22-14-24-23(13-21(22)17(15)7-3)25(27)19-11-9-10-12-20(19)26(24)28/h9-14H,5-8,27-28H2,1-4H3. The summed E-state index contributed by atoms with van der Waals surface area (Å²) in [5.41, 5.74) is 9.16. The van der Waals surface area contributed by atoms with Crippen LogP contribution in [0.5, 0.6) is 0 Å². The zero-order chi connectivity index (χ0) is 20.0. The molecule has 0 atom stereocenters. The zero-order valence-electron chi connectivity index (χ0n) is 18.3. The summed E-state index contributed by atoms with van der Waals surface area (Å²) in [7, 11) is 4.59. The van der Waals surface area contributed by atoms with Crippen molar-refractivity contribution >= 4 is 58.9 Å². The summed E-state index contributed by atoms with van der Waals surface area (Å²) < 4.78 is 0. The first-order valence-electron chi connectivity index (χ1n) is 11.0. The first kappa shape index (κ1) is 19.1. The van der Waals surface area contributed by atoms with E-state index in [0.717, 1.165) is 25.7 Å². The minimum absolute atomic E-state index is 1.10. The van der Waals surface area contributed by atoms with Crippen molar-refractivity contribution < 1.29 is 0 Å². The summed E-state index contributed by atoms with van der Waals surface area (Å²) in [5, 5.41) is 8.60. The molecule has 0 unspecified atom stereocenters. The third kappa shape index (κ3) is 2.61. The lowest BCUT2D eigenvalue weighted by molar-refractivity contribution is 0.961. The molecule has 28 heavy (non-hydrogen) atoms. The lowest BCUT2D eigenvalue weighted by Crippen LogP contribution is -2.16. The Morgan fingerprint density at radius 3 is 1.18 bits per heavy atom. The molecule has 4 rings (SSSR count). The SMILES string of the molecule is Bc1c2ccccc2c(B)c2cc3c(CC)c(CC)c(CC)c(CC)c3cc12. The van der Waals surface area contributed by atoms with E-state index >= 15 is 0 Å². The van der Waals surface area contributed by atoms with Gasteiger partial charge in [0.05, 0.1) is 0 Å². The van der Waals surface area contributed by atoms with Crippen LogP contribution in [0.25, 0.3) is 32.3 Å². The summed E-state index contributed by atoms with van der Waals surface area (Å²) in [6.07, 6.45) is 4.47. The Morgan fingerprint density at radius 1 is 0.500 bits per heavy atom. The number of hydrogen-bond acceptors (Lipinski definition) is 0. The molecule has 4 aromatic carbocycles. The molecule has 4 aromatic rings. The average Bonchev–Trinajstić information content (AvgIpc) is 2.74. The van der Waals surface area contributed by atoms with Gasteiger partial charge in [0.25, 0.3) is 0 Å². The van der Waals surface area contributed by atoms with Crippen LogP contribution in [0.2, 0.25) is 0 Å². The van der Waals surface area contributed by atoms with Crippen LogP contribution < -0.4 is 10.9 Å². The molecule has 0 N–H and O–H groups in total. The van der Waals surface area contributed by atoms with Crippen LogP contribution in [0.4, 0.5) is 0 Å². The first-order chi connectivity index (χ1) is 13.6. The Labute approximate surface area is 171 Å². The highest BCUT2D eigenvalue weighted by Gasteiger charge is 2.18. The van der Waals surface area contributed by atoms with Gasteiger partial charge in [-0.3, -0.25) is 0 Å². The fourth-order valence-corrected chi connectivity index (χ4v) is 5.50. The second kappa shape index (κ2) is 7.32. The van der Waals surface area contributed by atoms with E-state index in [4.69, 9.17) is 0 Å². The van der Waals surface area contributed by atoms with Gasteiger partial charge in [-0.05, 0) is 92.4 Å². The molecule has 0 amide bonds. The predicted molar refractivity (Wildman–Crippen MR) is 133 cm³/mol. The van der Waals surface area contributed by atoms with Crippen molar-refractivity contribution in [1.82, 2.24) is 0 Å². The summed E-state index contributed by atoms with van der Waals surface area (Å²) in [5.74, 6) is 0. The normalized spacial score (nSPS) is 11.7. The van der Waals surface area contributed by atoms with Crippen molar-refractivity contribution in [2.75, 3.05) is 0 Å². The molecule has 0 bridgehead atoms. The maximum atomic E-state index is 2.51. The predicted octanol–water partition coefficient (Wildman–Crippen LogP) is 3.91. The largest absolute Gasteiger partial charge is 0.140 e. The van der Waals surface area contributed by atoms with Gasteiger partial charge in [-0.2, -0.15) is 0 Å². The van der Waals surface area contributed by atoms with Crippen molar-refractivity contribution in [1.29, 1.82) is 0 Å². The topological polar surface area (TPSA) is 0 Å². The Kier molecular flexibility index (Phi) is 5.00. The lowest BCUT2D eigenvalue weighted by atomic mass is 9.75. The molecule has 0 saturated carbocycles. The Balaban J connectivity index is 2.29. The number of hydrogen-bond donors (Lipinski definition) is 0. The minimum atomic E-state index is 1.10. The number of fused-ring (bicyclic) bond motifs is 3. The summed E-state index contributed by atoms with van der Waals surface area (Å²) >= 11 is 0. The second-order valence-corrected chi connectivity index (χ2v) is 8.07. The number of aryl methyl sites for hydroxylation is 2. The zero-order valence-corrected chi connectivity index (χ0v) is 18.3. The molecular weight excluding hydrogens is 334 g/mol. The number of benzene rings is 4. The van der Waals surface area contributed by atoms with Gasteiger partial charge in [-0.25, -0.2) is 0 Å². The van der Waals surface area contributed by atoms with Crippen LogP contribution in [0.1, 0.15) is 49.9 Å². The molecule has 140 valence electrons. The van der Waals surface area contributed by atoms with Crippen LogP contribution >= 0.6 is 0 Å². The molecule has 0 heterocycles. The molecule has 0 fully saturated rings. The van der Waals surface area contributed by atoms with E-state index in [9.17, 15) is 0 Å². The van der Waals surface area contributed by atoms with Gasteiger partial charge in [0.2, 0.25) is 0 Å². The van der Waals surface area contributed by atoms with Crippen LogP contribution in [-0.4, -0.2) is 15.7 Å². The second-order valence-electron chi connectivity index (χ2n) is 8.07. The molecule has 0 aliphatic carbocycles. The van der Waals surface area contributed by atoms with Gasteiger partial charge < -0.3 is 0 Å². The monoisotopic (exact) mass is 364 g/mol. The van der Waals surface area contributed by atoms with Gasteiger partial charge in [-0.1, -0.05) is 62.9 Å². The lowest BCUT2D eigenvalue weighted by Gasteiger charge is -2.22. The van der Waals surface area contributed by atoms with Gasteiger partial charge in [0.15, 0.2) is 0 Å². The molecule has 0 radical (unpaired) electrons. The van der Waals surface area contributed by atoms with Crippen molar-refractivity contribution in [2.45, 2.75) is 53.4 Å². The van der Waals surface area contributed by atoms with Crippen molar-refractivity contribution in [3.8, 4) is 0 Å². The smallest absolute Gasteiger partial charge is 0.0736 e. The molecule has 0 spiro atoms. The molecule has 2 heteroatoms. The van der Waals surface area contributed by atoms with E-state index in [1.807, 2.05) is 0 Å². The third-order valence-electron chi connectivity index (χ3n) is 6.86. The summed E-state index contributed by atoms with van der Waals surface area (Å²) in [4.78, 5) is 0. The maximum Gasteiger partial charge on any atom is 0.140 e. The Hall–Kier alpha value is -2.21. The molecule has 0 nitrogen and oxygen atoms in total. The van der Waals surface area contributed by atoms with E-state index in [2.05, 4.69) is 79.8 Å². The quantitative estimate of drug-likeness (QED) is 0.381. The maximum absolute atomic E-state index is 2.51. The van der Waals surface area contributed by atoms with Crippen molar-refractivity contribution in [3.05, 3.63) is 58.7 Å². The van der Waals surface area contributed by atoms with Crippen LogP contribution in [0, 0.1) is 0 Å². The molecule has 0 saturated heterocycles. The average molecular weight is 364 g/mol. The highest BCUT2D eigenvalue weighted by molar-refractivity contribution is 6.53. The summed E-state index contributed by atoms with van der Waals surface area (Å²) in [6.45, 7) is 9.29. The van der Waals surface area contributed by atoms with Crippen LogP contribution in [0.3, 0.4) is 0 Å². The highest BCUT2D eigenvalue weighted by atomic mass is 14.2.